The molecule has 1 aliphatic heterocycles. The minimum Gasteiger partial charge on any atom is -0.507 e. The van der Waals surface area contributed by atoms with Crippen LogP contribution in [0.3, 0.4) is 0 Å². The molecule has 0 bridgehead atoms. The number of para-hydroxylation sites is 1. The van der Waals surface area contributed by atoms with E-state index in [1.807, 2.05) is 0 Å². The second kappa shape index (κ2) is 9.17. The zero-order chi connectivity index (χ0) is 26.2. The van der Waals surface area contributed by atoms with E-state index in [1.165, 1.54) is 55.6 Å². The number of carbonyl (C=O) groups excluding carboxylic acids is 2. The van der Waals surface area contributed by atoms with Crippen molar-refractivity contribution in [1.82, 2.24) is 0 Å². The second-order valence-corrected chi connectivity index (χ2v) is 7.76. The van der Waals surface area contributed by atoms with Gasteiger partial charge in [-0.3, -0.25) is 24.6 Å². The van der Waals surface area contributed by atoms with E-state index >= 15 is 0 Å². The Kier molecular flexibility index (Phi) is 6.23. The summed E-state index contributed by atoms with van der Waals surface area (Å²) in [6.07, 6.45) is -4.75. The fraction of sp³-hybridized carbons (Fsp3) is 0.120. The van der Waals surface area contributed by atoms with Crippen LogP contribution in [-0.4, -0.2) is 28.8 Å². The maximum Gasteiger partial charge on any atom is 0.416 e. The van der Waals surface area contributed by atoms with Gasteiger partial charge in [0.2, 0.25) is 0 Å². The summed E-state index contributed by atoms with van der Waals surface area (Å²) in [5, 5.41) is 22.8. The Hall–Kier alpha value is -4.67. The van der Waals surface area contributed by atoms with Gasteiger partial charge in [-0.1, -0.05) is 18.2 Å². The van der Waals surface area contributed by atoms with Gasteiger partial charge in [0.05, 0.1) is 28.7 Å². The standard InChI is InChI=1S/C25H17F3N2O6/c1-36-17-11-9-14(10-12-17)22(31)20-21(18-7-2-3-8-19(18)30(34)35)29(24(33)23(20)32)16-6-4-5-15(13-16)25(26,27)28/h2-13,21,31H,1H3/b22-20+/t21-/m1/s1. The Morgan fingerprint density at radius 1 is 1.03 bits per heavy atom. The molecule has 0 saturated carbocycles. The normalized spacial score (nSPS) is 17.3. The van der Waals surface area contributed by atoms with Crippen molar-refractivity contribution in [1.29, 1.82) is 0 Å². The number of hydrogen-bond donors (Lipinski definition) is 1. The van der Waals surface area contributed by atoms with E-state index < -0.39 is 51.4 Å². The fourth-order valence-corrected chi connectivity index (χ4v) is 4.01. The largest absolute Gasteiger partial charge is 0.507 e. The number of aliphatic hydroxyl groups excluding tert-OH is 1. The lowest BCUT2D eigenvalue weighted by atomic mass is 9.94. The summed E-state index contributed by atoms with van der Waals surface area (Å²) in [6, 6.07) is 13.1. The molecular formula is C25H17F3N2O6. The summed E-state index contributed by atoms with van der Waals surface area (Å²) < 4.78 is 45.2. The molecule has 3 aromatic rings. The van der Waals surface area contributed by atoms with Gasteiger partial charge >= 0.3 is 6.18 Å². The number of aliphatic hydroxyl groups is 1. The van der Waals surface area contributed by atoms with Crippen LogP contribution in [0.15, 0.2) is 78.4 Å². The summed E-state index contributed by atoms with van der Waals surface area (Å²) in [5.74, 6) is -2.66. The number of Topliss-reactive ketones (excluding diaryl/α,β-unsaturated/α-hetero) is 1. The summed E-state index contributed by atoms with van der Waals surface area (Å²) in [6.45, 7) is 0. The molecule has 8 nitrogen and oxygen atoms in total. The maximum atomic E-state index is 13.4. The first-order chi connectivity index (χ1) is 17.0. The van der Waals surface area contributed by atoms with E-state index in [0.717, 1.165) is 23.1 Å². The smallest absolute Gasteiger partial charge is 0.416 e. The number of amides is 1. The number of halogens is 3. The van der Waals surface area contributed by atoms with Crippen molar-refractivity contribution in [2.45, 2.75) is 12.2 Å². The quantitative estimate of drug-likeness (QED) is 0.169. The molecule has 1 heterocycles. The van der Waals surface area contributed by atoms with Crippen molar-refractivity contribution in [2.24, 2.45) is 0 Å². The number of benzene rings is 3. The molecule has 1 amide bonds. The molecule has 1 saturated heterocycles. The number of ether oxygens (including phenoxy) is 1. The van der Waals surface area contributed by atoms with E-state index in [2.05, 4.69) is 0 Å². The summed E-state index contributed by atoms with van der Waals surface area (Å²) in [4.78, 5) is 38.0. The molecule has 0 unspecified atom stereocenters. The van der Waals surface area contributed by atoms with Crippen LogP contribution >= 0.6 is 0 Å². The van der Waals surface area contributed by atoms with Gasteiger partial charge in [0.15, 0.2) is 0 Å². The van der Waals surface area contributed by atoms with Crippen LogP contribution in [0, 0.1) is 10.1 Å². The number of carbonyl (C=O) groups is 2. The Balaban J connectivity index is 1.99. The molecule has 1 aliphatic rings. The predicted octanol–water partition coefficient (Wildman–Crippen LogP) is 5.25. The molecule has 0 aliphatic carbocycles. The molecule has 1 atom stereocenters. The van der Waals surface area contributed by atoms with Crippen molar-refractivity contribution in [3.8, 4) is 5.75 Å². The SMILES string of the molecule is COc1ccc(/C(O)=C2\C(=O)C(=O)N(c3cccc(C(F)(F)F)c3)[C@@H]2c2ccccc2[N+](=O)[O-])cc1. The lowest BCUT2D eigenvalue weighted by molar-refractivity contribution is -0.385. The van der Waals surface area contributed by atoms with Crippen LogP contribution in [0.2, 0.25) is 0 Å². The van der Waals surface area contributed by atoms with Crippen LogP contribution < -0.4 is 9.64 Å². The van der Waals surface area contributed by atoms with Crippen molar-refractivity contribution in [2.75, 3.05) is 12.0 Å². The lowest BCUT2D eigenvalue weighted by Gasteiger charge is -2.25. The molecule has 0 aromatic heterocycles. The van der Waals surface area contributed by atoms with Gasteiger partial charge in [0, 0.05) is 17.3 Å². The van der Waals surface area contributed by atoms with Gasteiger partial charge < -0.3 is 9.84 Å². The number of alkyl halides is 3. The number of ketones is 1. The number of nitro groups is 1. The van der Waals surface area contributed by atoms with Crippen molar-refractivity contribution in [3.63, 3.8) is 0 Å². The molecule has 3 aromatic carbocycles. The van der Waals surface area contributed by atoms with Gasteiger partial charge in [-0.15, -0.1) is 0 Å². The van der Waals surface area contributed by atoms with Crippen LogP contribution in [0.4, 0.5) is 24.5 Å². The average Bonchev–Trinajstić information content (AvgIpc) is 3.13. The fourth-order valence-electron chi connectivity index (χ4n) is 4.01. The van der Waals surface area contributed by atoms with Gasteiger partial charge in [0.25, 0.3) is 17.4 Å². The third-order valence-corrected chi connectivity index (χ3v) is 5.69. The molecule has 0 radical (unpaired) electrons. The van der Waals surface area contributed by atoms with Crippen LogP contribution in [0.5, 0.6) is 5.75 Å². The highest BCUT2D eigenvalue weighted by Gasteiger charge is 2.49. The highest BCUT2D eigenvalue weighted by molar-refractivity contribution is 6.51. The van der Waals surface area contributed by atoms with Crippen LogP contribution in [0.25, 0.3) is 5.76 Å². The molecule has 1 fully saturated rings. The monoisotopic (exact) mass is 498 g/mol. The van der Waals surface area contributed by atoms with E-state index in [4.69, 9.17) is 4.74 Å². The second-order valence-electron chi connectivity index (χ2n) is 7.76. The Bertz CT molecular complexity index is 1400. The van der Waals surface area contributed by atoms with Gasteiger partial charge in [-0.05, 0) is 48.5 Å². The van der Waals surface area contributed by atoms with Gasteiger partial charge in [-0.2, -0.15) is 13.2 Å². The summed E-state index contributed by atoms with van der Waals surface area (Å²) >= 11 is 0. The number of nitro benzene ring substituents is 1. The minimum atomic E-state index is -4.75. The molecule has 184 valence electrons. The Labute approximate surface area is 202 Å². The summed E-state index contributed by atoms with van der Waals surface area (Å²) in [5.41, 5.74) is -2.45. The number of methoxy groups -OCH3 is 1. The van der Waals surface area contributed by atoms with E-state index in [9.17, 15) is 38.0 Å². The number of hydrogen-bond acceptors (Lipinski definition) is 6. The zero-order valence-corrected chi connectivity index (χ0v) is 18.5. The number of nitrogens with zero attached hydrogens (tertiary/aromatic N) is 2. The van der Waals surface area contributed by atoms with E-state index in [0.29, 0.717) is 11.8 Å². The molecular weight excluding hydrogens is 481 g/mol. The van der Waals surface area contributed by atoms with Crippen molar-refractivity contribution < 1.29 is 37.5 Å². The molecule has 0 spiro atoms. The maximum absolute atomic E-state index is 13.4. The molecule has 4 rings (SSSR count). The molecule has 36 heavy (non-hydrogen) atoms. The summed E-state index contributed by atoms with van der Waals surface area (Å²) in [7, 11) is 1.42. The zero-order valence-electron chi connectivity index (χ0n) is 18.5. The first-order valence-corrected chi connectivity index (χ1v) is 10.4. The molecule has 11 heteroatoms. The number of anilines is 1. The predicted molar refractivity (Wildman–Crippen MR) is 122 cm³/mol. The third-order valence-electron chi connectivity index (χ3n) is 5.69. The topological polar surface area (TPSA) is 110 Å². The Morgan fingerprint density at radius 2 is 1.69 bits per heavy atom. The van der Waals surface area contributed by atoms with E-state index in [1.54, 1.807) is 0 Å². The minimum absolute atomic E-state index is 0.0985. The Morgan fingerprint density at radius 3 is 2.31 bits per heavy atom. The van der Waals surface area contributed by atoms with Crippen LogP contribution in [0.1, 0.15) is 22.7 Å². The lowest BCUT2D eigenvalue weighted by Crippen LogP contribution is -2.30. The highest BCUT2D eigenvalue weighted by atomic mass is 19.4. The van der Waals surface area contributed by atoms with Gasteiger partial charge in [-0.25, -0.2) is 0 Å². The first kappa shape index (κ1) is 24.5. The van der Waals surface area contributed by atoms with Crippen molar-refractivity contribution in [3.05, 3.63) is 105 Å². The first-order valence-electron chi connectivity index (χ1n) is 10.4. The molecule has 1 N–H and O–H groups in total. The number of rotatable bonds is 5. The average molecular weight is 498 g/mol. The van der Waals surface area contributed by atoms with Crippen LogP contribution in [-0.2, 0) is 15.8 Å². The highest BCUT2D eigenvalue weighted by Crippen LogP contribution is 2.45. The van der Waals surface area contributed by atoms with E-state index in [-0.39, 0.29) is 16.8 Å². The van der Waals surface area contributed by atoms with Gasteiger partial charge in [0.1, 0.15) is 17.6 Å². The third kappa shape index (κ3) is 4.26. The van der Waals surface area contributed by atoms with Crippen molar-refractivity contribution >= 4 is 28.8 Å².